The van der Waals surface area contributed by atoms with Crippen molar-refractivity contribution >= 4 is 71.3 Å². The Kier molecular flexibility index (Phi) is 33.9. The first kappa shape index (κ1) is 81.9. The third-order valence-corrected chi connectivity index (χ3v) is 13.9. The van der Waals surface area contributed by atoms with Gasteiger partial charge in [0, 0.05) is 9.79 Å². The molecule has 3 aromatic carbocycles. The van der Waals surface area contributed by atoms with E-state index >= 15 is 0 Å². The van der Waals surface area contributed by atoms with Gasteiger partial charge in [0.1, 0.15) is 41.7 Å². The van der Waals surface area contributed by atoms with Crippen LogP contribution in [0, 0.1) is 18.6 Å². The summed E-state index contributed by atoms with van der Waals surface area (Å²) >= 11 is 0. The van der Waals surface area contributed by atoms with Gasteiger partial charge in [-0.25, -0.2) is 82.4 Å². The van der Waals surface area contributed by atoms with Crippen LogP contribution in [0.5, 0.6) is 0 Å². The van der Waals surface area contributed by atoms with Crippen LogP contribution in [-0.4, -0.2) is 106 Å². The van der Waals surface area contributed by atoms with Crippen molar-refractivity contribution < 1.29 is 247 Å². The largest absolute Gasteiger partial charge is 1.00 e. The molecule has 0 aliphatic heterocycles. The summed E-state index contributed by atoms with van der Waals surface area (Å²) in [5, 5.41) is 4.88. The van der Waals surface area contributed by atoms with Crippen LogP contribution in [0.2, 0.25) is 0 Å². The molecule has 2 N–H and O–H groups in total. The van der Waals surface area contributed by atoms with Crippen LogP contribution in [-0.2, 0) is 71.3 Å². The summed E-state index contributed by atoms with van der Waals surface area (Å²) < 4.78 is 389. The first-order valence-corrected chi connectivity index (χ1v) is 25.8. The molecule has 0 heterocycles. The van der Waals surface area contributed by atoms with Crippen molar-refractivity contribution in [2.75, 3.05) is 0 Å². The van der Waals surface area contributed by atoms with E-state index in [1.54, 1.807) is 16.3 Å². The van der Waals surface area contributed by atoms with Gasteiger partial charge >= 0.3 is 160 Å². The smallest absolute Gasteiger partial charge is 0.429 e. The van der Waals surface area contributed by atoms with Crippen LogP contribution < -0.4 is 108 Å². The van der Waals surface area contributed by atoms with Crippen LogP contribution in [0.4, 0.5) is 85.8 Å². The average molecular weight is 1310 g/mol. The maximum atomic E-state index is 13.4. The molecule has 74 heavy (non-hydrogen) atoms. The minimum Gasteiger partial charge on any atom is -0.429 e. The fraction of sp³-hybridized carbons (Fsp3) is 0.357. The summed E-state index contributed by atoms with van der Waals surface area (Å²) in [6.07, 6.45) is -10.2. The Balaban J connectivity index is -0.000000284. The van der Waals surface area contributed by atoms with E-state index in [0.29, 0.717) is 24.3 Å². The van der Waals surface area contributed by atoms with Crippen molar-refractivity contribution in [3.05, 3.63) is 98.2 Å². The molecule has 0 spiro atoms. The zero-order valence-corrected chi connectivity index (χ0v) is 46.8. The molecule has 17 nitrogen and oxygen atoms in total. The fourth-order valence-corrected chi connectivity index (χ4v) is 8.82. The molecule has 46 heteroatoms. The Morgan fingerprint density at radius 3 is 0.946 bits per heavy atom. The first-order chi connectivity index (χ1) is 31.1. The number of hydrogen-bond donors (Lipinski definition) is 1. The van der Waals surface area contributed by atoms with Gasteiger partial charge in [0.05, 0.1) is 4.90 Å². The van der Waals surface area contributed by atoms with Crippen LogP contribution in [0.15, 0.2) is 87.5 Å². The van der Waals surface area contributed by atoms with Crippen LogP contribution in [0.25, 0.3) is 8.25 Å². The first-order valence-electron chi connectivity index (χ1n) is 15.8. The fourth-order valence-electron chi connectivity index (χ4n) is 3.28. The minimum atomic E-state index is -6.71. The molecule has 0 radical (unpaired) electrons. The molecule has 2 unspecified atom stereocenters. The Labute approximate surface area is 492 Å². The second-order valence-electron chi connectivity index (χ2n) is 11.9. The summed E-state index contributed by atoms with van der Waals surface area (Å²) in [7, 11) is -38.0. The summed E-state index contributed by atoms with van der Waals surface area (Å²) in [5.41, 5.74) is -9.12. The maximum Gasteiger partial charge on any atom is 1.00 e. The van der Waals surface area contributed by atoms with Crippen molar-refractivity contribution in [3.63, 3.8) is 0 Å². The standard InChI is InChI=1S/C10H6F8NO4S2.C7H9NO2S.C6H4F2NO4S2.C4H2F8O2S.CH4.F2O2S.2K/c11-5-1-3-6(4-2-5)24(20,21)19-25(22,23)8(14)10(17,18)9(15,16)7(12)13;1-6-2-4-7(5-3-6)11(8,9)10;7-5-1-3-6(4-2-5)14(10,11)9-15(8,12)13;5-1(6)3(8,9)4(10,11)2(7)15(12,13)14;;1-5(2,3)4;;/h1-4,7-8H;2-5H,1H3,(H2,8,9,10);1-4H;1-2H;1H4;;;/q-1;;-1;;;;2*+1. The van der Waals surface area contributed by atoms with Gasteiger partial charge in [-0.3, -0.25) is 0 Å². The molecule has 3 aromatic rings. The number of rotatable bonds is 15. The van der Waals surface area contributed by atoms with Crippen molar-refractivity contribution in [1.82, 2.24) is 0 Å². The molecule has 420 valence electrons. The number of aryl methyl sites for hydroxylation is 1. The Morgan fingerprint density at radius 2 is 0.703 bits per heavy atom. The maximum absolute atomic E-state index is 13.4. The van der Waals surface area contributed by atoms with Gasteiger partial charge in [0.2, 0.25) is 20.4 Å². The number of primary sulfonamides is 1. The number of benzene rings is 3. The second kappa shape index (κ2) is 30.6. The van der Waals surface area contributed by atoms with Gasteiger partial charge < -0.3 is 8.25 Å². The molecule has 0 amide bonds. The molecule has 0 fully saturated rings. The van der Waals surface area contributed by atoms with Crippen molar-refractivity contribution in [2.24, 2.45) is 5.14 Å². The van der Waals surface area contributed by atoms with Gasteiger partial charge in [-0.1, -0.05) is 32.9 Å². The van der Waals surface area contributed by atoms with E-state index in [9.17, 15) is 136 Å². The summed E-state index contributed by atoms with van der Waals surface area (Å²) in [5.74, 6) is -27.2. The molecule has 0 saturated heterocycles. The Hall–Kier alpha value is -0.937. The van der Waals surface area contributed by atoms with E-state index in [-0.39, 0.29) is 115 Å². The zero-order valence-electron chi connectivity index (χ0n) is 34.8. The van der Waals surface area contributed by atoms with E-state index in [1.165, 1.54) is 12.1 Å². The topological polar surface area (TPSA) is 293 Å². The number of nitrogens with two attached hydrogens (primary N) is 1. The molecule has 0 aromatic heterocycles. The van der Waals surface area contributed by atoms with Gasteiger partial charge in [0.25, 0.3) is 11.0 Å². The van der Waals surface area contributed by atoms with E-state index < -0.39 is 140 Å². The summed E-state index contributed by atoms with van der Waals surface area (Å²) in [4.78, 5) is -1.55. The average Bonchev–Trinajstić information content (AvgIpc) is 3.15. The SMILES string of the molecule is C.Cc1ccc(S(N)(=O)=O)cc1.O=S(=O)(F)C(F)C(F)(F)C(F)(F)C(F)F.O=S(=O)(F)F.O=S(=O)(F)[N-]S(=O)(=O)c1ccc(F)cc1.O=S(=O)([N-]S(=O)(=O)C(F)C(F)(F)C(F)(F)C(F)F)c1ccc(F)cc1.[K+].[K+]. The van der Waals surface area contributed by atoms with Crippen molar-refractivity contribution in [1.29, 1.82) is 0 Å². The summed E-state index contributed by atoms with van der Waals surface area (Å²) in [6.45, 7) is 1.88. The van der Waals surface area contributed by atoms with Gasteiger partial charge in [-0.05, 0) is 67.6 Å². The van der Waals surface area contributed by atoms with Gasteiger partial charge in [-0.2, -0.15) is 52.0 Å². The molecular formula is C28H25F20K2N3O14S7. The van der Waals surface area contributed by atoms with Crippen LogP contribution in [0.3, 0.4) is 0 Å². The number of hydrogen-bond acceptors (Lipinski definition) is 14. The van der Waals surface area contributed by atoms with Gasteiger partial charge in [0.15, 0.2) is 0 Å². The number of alkyl halides is 14. The third kappa shape index (κ3) is 27.3. The number of sulfonamides is 4. The third-order valence-electron chi connectivity index (χ3n) is 6.48. The minimum absolute atomic E-state index is 0. The predicted molar refractivity (Wildman–Crippen MR) is 205 cm³/mol. The summed E-state index contributed by atoms with van der Waals surface area (Å²) in [6, 6.07) is 11.3. The predicted octanol–water partition coefficient (Wildman–Crippen LogP) is 1.73. The van der Waals surface area contributed by atoms with E-state index in [1.807, 2.05) is 11.1 Å². The van der Waals surface area contributed by atoms with E-state index in [4.69, 9.17) is 13.6 Å². The molecular weight excluding hydrogens is 1280 g/mol. The van der Waals surface area contributed by atoms with E-state index in [0.717, 1.165) is 29.8 Å². The molecule has 3 rings (SSSR count). The zero-order chi connectivity index (χ0) is 57.2. The quantitative estimate of drug-likeness (QED) is 0.129. The van der Waals surface area contributed by atoms with Crippen LogP contribution >= 0.6 is 0 Å². The second-order valence-corrected chi connectivity index (χ2v) is 21.9. The molecule has 0 saturated carbocycles. The Morgan fingerprint density at radius 1 is 0.446 bits per heavy atom. The van der Waals surface area contributed by atoms with E-state index in [2.05, 4.69) is 0 Å². The van der Waals surface area contributed by atoms with Crippen LogP contribution in [0.1, 0.15) is 13.0 Å². The van der Waals surface area contributed by atoms with Crippen molar-refractivity contribution in [3.8, 4) is 0 Å². The molecule has 2 atom stereocenters. The molecule has 0 aliphatic rings. The molecule has 0 aliphatic carbocycles. The van der Waals surface area contributed by atoms with Crippen molar-refractivity contribution in [2.45, 2.75) is 76.6 Å². The number of halogens is 20. The Bertz CT molecular complexity index is 3060. The van der Waals surface area contributed by atoms with Gasteiger partial charge in [-0.15, -0.1) is 7.77 Å². The normalized spacial score (nSPS) is 13.7. The molecule has 0 bridgehead atoms. The monoisotopic (exact) mass is 1310 g/mol. The number of nitrogens with zero attached hydrogens (tertiary/aromatic N) is 2.